The van der Waals surface area contributed by atoms with Crippen LogP contribution in [0.15, 0.2) is 42.5 Å². The predicted molar refractivity (Wildman–Crippen MR) is 83.2 cm³/mol. The zero-order valence-electron chi connectivity index (χ0n) is 11.4. The maximum absolute atomic E-state index is 10.6. The molecule has 0 radical (unpaired) electrons. The van der Waals surface area contributed by atoms with E-state index in [4.69, 9.17) is 11.6 Å². The van der Waals surface area contributed by atoms with E-state index in [1.54, 1.807) is 0 Å². The maximum Gasteiger partial charge on any atom is 0.375 e. The van der Waals surface area contributed by atoms with E-state index in [0.717, 1.165) is 41.1 Å². The average molecular weight is 287 g/mol. The van der Waals surface area contributed by atoms with Gasteiger partial charge in [0.15, 0.2) is 6.54 Å². The molecule has 1 aromatic heterocycles. The van der Waals surface area contributed by atoms with Gasteiger partial charge in [0.25, 0.3) is 0 Å². The van der Waals surface area contributed by atoms with Crippen LogP contribution >= 0.6 is 11.6 Å². The Morgan fingerprint density at radius 1 is 1.05 bits per heavy atom. The van der Waals surface area contributed by atoms with Crippen LogP contribution in [0.1, 0.15) is 19.8 Å². The fourth-order valence-corrected chi connectivity index (χ4v) is 2.96. The molecule has 0 saturated carbocycles. The van der Waals surface area contributed by atoms with Crippen molar-refractivity contribution < 1.29 is 9.67 Å². The molecule has 3 heteroatoms. The van der Waals surface area contributed by atoms with Crippen molar-refractivity contribution in [1.29, 1.82) is 0 Å². The van der Waals surface area contributed by atoms with Gasteiger partial charge in [0, 0.05) is 17.9 Å². The quantitative estimate of drug-likeness (QED) is 0.558. The molecule has 0 spiro atoms. The van der Waals surface area contributed by atoms with Gasteiger partial charge in [0.1, 0.15) is 5.39 Å². The highest BCUT2D eigenvalue weighted by Crippen LogP contribution is 2.33. The largest absolute Gasteiger partial charge is 0.459 e. The molecule has 1 N–H and O–H groups in total. The number of para-hydroxylation sites is 1. The molecule has 2 aromatic carbocycles. The van der Waals surface area contributed by atoms with E-state index < -0.39 is 0 Å². The Morgan fingerprint density at radius 3 is 2.60 bits per heavy atom. The van der Waals surface area contributed by atoms with E-state index in [1.807, 2.05) is 41.0 Å². The average Bonchev–Trinajstić information content (AvgIpc) is 2.47. The normalized spacial score (nSPS) is 11.3. The van der Waals surface area contributed by atoms with Gasteiger partial charge in [-0.05, 0) is 12.1 Å². The van der Waals surface area contributed by atoms with Crippen molar-refractivity contribution in [2.24, 2.45) is 0 Å². The smallest absolute Gasteiger partial charge is 0.375 e. The molecule has 102 valence electrons. The molecule has 0 aliphatic carbocycles. The second kappa shape index (κ2) is 5.29. The number of benzene rings is 2. The molecule has 0 aliphatic rings. The summed E-state index contributed by atoms with van der Waals surface area (Å²) < 4.78 is 1.97. The Bertz CT molecular complexity index is 783. The third-order valence-corrected chi connectivity index (χ3v) is 4.03. The van der Waals surface area contributed by atoms with Gasteiger partial charge >= 0.3 is 5.88 Å². The molecule has 0 aliphatic heterocycles. The van der Waals surface area contributed by atoms with Gasteiger partial charge in [0.05, 0.1) is 10.4 Å². The van der Waals surface area contributed by atoms with Crippen LogP contribution in [0.2, 0.25) is 5.02 Å². The molecular weight excluding hydrogens is 270 g/mol. The van der Waals surface area contributed by atoms with Crippen molar-refractivity contribution >= 4 is 33.3 Å². The van der Waals surface area contributed by atoms with Crippen LogP contribution in [0.25, 0.3) is 21.7 Å². The molecule has 0 amide bonds. The summed E-state index contributed by atoms with van der Waals surface area (Å²) in [5, 5.41) is 14.1. The molecule has 1 heterocycles. The van der Waals surface area contributed by atoms with Gasteiger partial charge in [-0.2, -0.15) is 4.57 Å². The van der Waals surface area contributed by atoms with Crippen LogP contribution in [-0.2, 0) is 6.54 Å². The minimum Gasteiger partial charge on any atom is -0.459 e. The zero-order chi connectivity index (χ0) is 14.1. The number of aromatic nitrogens is 1. The number of aryl methyl sites for hydroxylation is 1. The van der Waals surface area contributed by atoms with Crippen molar-refractivity contribution in [3.8, 4) is 5.88 Å². The van der Waals surface area contributed by atoms with E-state index in [2.05, 4.69) is 13.0 Å². The number of hydrogen-bond acceptors (Lipinski definition) is 1. The summed E-state index contributed by atoms with van der Waals surface area (Å²) in [5.41, 5.74) is 1.05. The first-order chi connectivity index (χ1) is 9.74. The lowest BCUT2D eigenvalue weighted by Gasteiger charge is -2.08. The van der Waals surface area contributed by atoms with Crippen molar-refractivity contribution in [2.75, 3.05) is 0 Å². The third kappa shape index (κ3) is 2.01. The number of hydrogen-bond donors (Lipinski definition) is 1. The van der Waals surface area contributed by atoms with Crippen molar-refractivity contribution in [3.63, 3.8) is 0 Å². The van der Waals surface area contributed by atoms with Gasteiger partial charge in [-0.1, -0.05) is 49.2 Å². The van der Waals surface area contributed by atoms with Crippen LogP contribution in [0.3, 0.4) is 0 Å². The number of nitrogens with zero attached hydrogens (tertiary/aromatic N) is 1. The second-order valence-electron chi connectivity index (χ2n) is 5.01. The summed E-state index contributed by atoms with van der Waals surface area (Å²) in [6.45, 7) is 2.94. The highest BCUT2D eigenvalue weighted by atomic mass is 35.5. The number of pyridine rings is 1. The number of fused-ring (bicyclic) bond motifs is 3. The minimum absolute atomic E-state index is 0.262. The first-order valence-corrected chi connectivity index (χ1v) is 7.33. The van der Waals surface area contributed by atoms with Crippen molar-refractivity contribution in [1.82, 2.24) is 0 Å². The van der Waals surface area contributed by atoms with E-state index in [-0.39, 0.29) is 5.88 Å². The number of aromatic hydroxyl groups is 1. The summed E-state index contributed by atoms with van der Waals surface area (Å²) in [6, 6.07) is 13.9. The van der Waals surface area contributed by atoms with E-state index >= 15 is 0 Å². The van der Waals surface area contributed by atoms with Crippen molar-refractivity contribution in [3.05, 3.63) is 47.5 Å². The Morgan fingerprint density at radius 2 is 1.80 bits per heavy atom. The molecule has 2 nitrogen and oxygen atoms in total. The first-order valence-electron chi connectivity index (χ1n) is 6.95. The molecule has 0 saturated heterocycles. The third-order valence-electron chi connectivity index (χ3n) is 3.71. The lowest BCUT2D eigenvalue weighted by atomic mass is 10.1. The fourth-order valence-electron chi connectivity index (χ4n) is 2.70. The lowest BCUT2D eigenvalue weighted by molar-refractivity contribution is -0.676. The number of rotatable bonds is 3. The molecule has 0 bridgehead atoms. The van der Waals surface area contributed by atoms with Gasteiger partial charge in [-0.25, -0.2) is 0 Å². The van der Waals surface area contributed by atoms with Crippen LogP contribution < -0.4 is 4.57 Å². The minimum atomic E-state index is 0.262. The summed E-state index contributed by atoms with van der Waals surface area (Å²) >= 11 is 6.30. The first kappa shape index (κ1) is 13.2. The van der Waals surface area contributed by atoms with Crippen LogP contribution in [0.5, 0.6) is 5.88 Å². The molecule has 0 unspecified atom stereocenters. The Kier molecular flexibility index (Phi) is 3.49. The van der Waals surface area contributed by atoms with Crippen LogP contribution in [0, 0.1) is 0 Å². The molecule has 3 rings (SSSR count). The van der Waals surface area contributed by atoms with Gasteiger partial charge in [-0.15, -0.1) is 0 Å². The van der Waals surface area contributed by atoms with Gasteiger partial charge in [-0.3, -0.25) is 0 Å². The number of unbranched alkanes of at least 4 members (excludes halogenated alkanes) is 1. The predicted octanol–water partition coefficient (Wildman–Crippen LogP) is 4.44. The highest BCUT2D eigenvalue weighted by molar-refractivity contribution is 6.36. The lowest BCUT2D eigenvalue weighted by Crippen LogP contribution is -2.35. The Balaban J connectivity index is 2.45. The van der Waals surface area contributed by atoms with E-state index in [0.29, 0.717) is 5.02 Å². The zero-order valence-corrected chi connectivity index (χ0v) is 12.2. The summed E-state index contributed by atoms with van der Waals surface area (Å²) in [6.07, 6.45) is 2.11. The van der Waals surface area contributed by atoms with Crippen LogP contribution in [-0.4, -0.2) is 5.11 Å². The molecular formula is C17H17ClNO+. The monoisotopic (exact) mass is 286 g/mol. The summed E-state index contributed by atoms with van der Waals surface area (Å²) in [5.74, 6) is 0.262. The second-order valence-corrected chi connectivity index (χ2v) is 5.42. The van der Waals surface area contributed by atoms with Gasteiger partial charge in [0.2, 0.25) is 5.52 Å². The topological polar surface area (TPSA) is 24.1 Å². The molecule has 0 atom stereocenters. The fraction of sp³-hybridized carbons (Fsp3) is 0.235. The maximum atomic E-state index is 10.6. The molecule has 20 heavy (non-hydrogen) atoms. The van der Waals surface area contributed by atoms with Gasteiger partial charge < -0.3 is 5.11 Å². The summed E-state index contributed by atoms with van der Waals surface area (Å²) in [4.78, 5) is 0. The van der Waals surface area contributed by atoms with E-state index in [9.17, 15) is 5.11 Å². The number of halogens is 1. The van der Waals surface area contributed by atoms with E-state index in [1.165, 1.54) is 0 Å². The SMILES string of the molecule is CCCC[n+]1c(O)c2c(Cl)cccc2c2ccccc21. The Hall–Kier alpha value is -1.80. The summed E-state index contributed by atoms with van der Waals surface area (Å²) in [7, 11) is 0. The van der Waals surface area contributed by atoms with Crippen molar-refractivity contribution in [2.45, 2.75) is 26.3 Å². The van der Waals surface area contributed by atoms with Crippen LogP contribution in [0.4, 0.5) is 0 Å². The molecule has 3 aromatic rings. The molecule has 0 fully saturated rings. The highest BCUT2D eigenvalue weighted by Gasteiger charge is 2.21. The Labute approximate surface area is 123 Å². The standard InChI is InChI=1S/C17H16ClNO/c1-2-3-11-19-15-10-5-4-7-12(15)13-8-6-9-14(18)16(13)17(19)20/h4-10H,2-3,11H2,1H3/p+1.